The molecule has 0 amide bonds. The highest BCUT2D eigenvalue weighted by Gasteiger charge is 2.25. The summed E-state index contributed by atoms with van der Waals surface area (Å²) in [5, 5.41) is 7.02. The van der Waals surface area contributed by atoms with Crippen LogP contribution in [0.1, 0.15) is 38.1 Å². The number of hydrogen-bond donors (Lipinski definition) is 2. The van der Waals surface area contributed by atoms with Gasteiger partial charge in [-0.05, 0) is 32.2 Å². The van der Waals surface area contributed by atoms with E-state index in [-0.39, 0.29) is 0 Å². The fourth-order valence-electron chi connectivity index (χ4n) is 2.41. The van der Waals surface area contributed by atoms with E-state index >= 15 is 0 Å². The largest absolute Gasteiger partial charge is 0.354 e. The zero-order valence-corrected chi connectivity index (χ0v) is 9.65. The average Bonchev–Trinajstić information content (AvgIpc) is 3.07. The summed E-state index contributed by atoms with van der Waals surface area (Å²) < 4.78 is 2.28. The summed E-state index contributed by atoms with van der Waals surface area (Å²) in [6, 6.07) is 1.34. The quantitative estimate of drug-likeness (QED) is 0.812. The second-order valence-corrected chi connectivity index (χ2v) is 4.92. The minimum Gasteiger partial charge on any atom is -0.354 e. The number of anilines is 1. The van der Waals surface area contributed by atoms with E-state index in [4.69, 9.17) is 0 Å². The van der Waals surface area contributed by atoms with Gasteiger partial charge < -0.3 is 15.2 Å². The van der Waals surface area contributed by atoms with Gasteiger partial charge in [-0.3, -0.25) is 0 Å². The van der Waals surface area contributed by atoms with Crippen LogP contribution in [0.25, 0.3) is 0 Å². The van der Waals surface area contributed by atoms with Crippen LogP contribution in [0.5, 0.6) is 0 Å². The predicted octanol–water partition coefficient (Wildman–Crippen LogP) is 1.77. The van der Waals surface area contributed by atoms with Crippen molar-refractivity contribution in [1.82, 2.24) is 14.9 Å². The van der Waals surface area contributed by atoms with Gasteiger partial charge in [-0.15, -0.1) is 0 Å². The Bertz CT molecular complexity index is 337. The van der Waals surface area contributed by atoms with Gasteiger partial charge in [-0.1, -0.05) is 6.42 Å². The summed E-state index contributed by atoms with van der Waals surface area (Å²) in [6.07, 6.45) is 10.6. The third kappa shape index (κ3) is 2.21. The van der Waals surface area contributed by atoms with E-state index in [1.807, 2.05) is 6.20 Å². The van der Waals surface area contributed by atoms with Crippen molar-refractivity contribution in [2.75, 3.05) is 18.4 Å². The van der Waals surface area contributed by atoms with Crippen LogP contribution >= 0.6 is 0 Å². The topological polar surface area (TPSA) is 41.9 Å². The summed E-state index contributed by atoms with van der Waals surface area (Å²) in [4.78, 5) is 4.39. The van der Waals surface area contributed by atoms with Crippen LogP contribution in [0.3, 0.4) is 0 Å². The Balaban J connectivity index is 1.54. The number of piperidine rings is 1. The van der Waals surface area contributed by atoms with Crippen LogP contribution in [-0.2, 0) is 0 Å². The van der Waals surface area contributed by atoms with Gasteiger partial charge in [0.1, 0.15) is 0 Å². The Labute approximate surface area is 96.4 Å². The van der Waals surface area contributed by atoms with Crippen molar-refractivity contribution in [2.45, 2.75) is 44.2 Å². The zero-order valence-electron chi connectivity index (χ0n) is 9.65. The summed E-state index contributed by atoms with van der Waals surface area (Å²) in [6.45, 7) is 2.17. The van der Waals surface area contributed by atoms with E-state index in [0.717, 1.165) is 12.5 Å². The Morgan fingerprint density at radius 3 is 3.06 bits per heavy atom. The molecule has 0 bridgehead atoms. The smallest absolute Gasteiger partial charge is 0.203 e. The van der Waals surface area contributed by atoms with Gasteiger partial charge in [-0.25, -0.2) is 4.98 Å². The molecule has 1 saturated heterocycles. The lowest BCUT2D eigenvalue weighted by atomic mass is 10.1. The minimum absolute atomic E-state index is 0.623. The Hall–Kier alpha value is -1.03. The summed E-state index contributed by atoms with van der Waals surface area (Å²) >= 11 is 0. The Kier molecular flexibility index (Phi) is 2.82. The van der Waals surface area contributed by atoms with Gasteiger partial charge in [-0.2, -0.15) is 0 Å². The highest BCUT2D eigenvalue weighted by atomic mass is 15.2. The number of rotatable bonds is 4. The molecule has 1 aliphatic carbocycles. The van der Waals surface area contributed by atoms with Gasteiger partial charge in [0, 0.05) is 31.0 Å². The van der Waals surface area contributed by atoms with Crippen molar-refractivity contribution in [1.29, 1.82) is 0 Å². The summed E-state index contributed by atoms with van der Waals surface area (Å²) in [7, 11) is 0. The molecule has 0 spiro atoms. The predicted molar refractivity (Wildman–Crippen MR) is 64.6 cm³/mol. The maximum atomic E-state index is 4.39. The Morgan fingerprint density at radius 1 is 1.38 bits per heavy atom. The molecule has 2 fully saturated rings. The number of aromatic nitrogens is 2. The first kappa shape index (κ1) is 10.1. The van der Waals surface area contributed by atoms with E-state index in [1.54, 1.807) is 0 Å². The molecular weight excluding hydrogens is 200 g/mol. The fourth-order valence-corrected chi connectivity index (χ4v) is 2.41. The standard InChI is InChI=1S/C12H20N4/c1-2-6-13-10(3-1)9-15-12-14-7-8-16(12)11-4-5-11/h7-8,10-11,13H,1-6,9H2,(H,14,15). The molecule has 2 aliphatic rings. The first-order valence-corrected chi connectivity index (χ1v) is 6.43. The number of nitrogens with one attached hydrogen (secondary N) is 2. The maximum Gasteiger partial charge on any atom is 0.203 e. The van der Waals surface area contributed by atoms with Gasteiger partial charge in [0.05, 0.1) is 0 Å². The van der Waals surface area contributed by atoms with Crippen molar-refractivity contribution in [3.63, 3.8) is 0 Å². The number of nitrogens with zero attached hydrogens (tertiary/aromatic N) is 2. The fraction of sp³-hybridized carbons (Fsp3) is 0.750. The maximum absolute atomic E-state index is 4.39. The molecule has 16 heavy (non-hydrogen) atoms. The third-order valence-electron chi connectivity index (χ3n) is 3.53. The van der Waals surface area contributed by atoms with Gasteiger partial charge in [0.15, 0.2) is 0 Å². The molecule has 1 saturated carbocycles. The molecule has 2 heterocycles. The monoisotopic (exact) mass is 220 g/mol. The third-order valence-corrected chi connectivity index (χ3v) is 3.53. The lowest BCUT2D eigenvalue weighted by molar-refractivity contribution is 0.413. The summed E-state index contributed by atoms with van der Waals surface area (Å²) in [5.74, 6) is 1.05. The molecule has 0 radical (unpaired) electrons. The van der Waals surface area contributed by atoms with E-state index in [9.17, 15) is 0 Å². The van der Waals surface area contributed by atoms with Crippen LogP contribution in [0.2, 0.25) is 0 Å². The molecule has 1 unspecified atom stereocenters. The molecule has 3 rings (SSSR count). The molecule has 0 aromatic carbocycles. The second-order valence-electron chi connectivity index (χ2n) is 4.92. The number of hydrogen-bond acceptors (Lipinski definition) is 3. The van der Waals surface area contributed by atoms with E-state index < -0.39 is 0 Å². The van der Waals surface area contributed by atoms with Gasteiger partial charge in [0.2, 0.25) is 5.95 Å². The molecule has 1 aliphatic heterocycles. The van der Waals surface area contributed by atoms with E-state index in [2.05, 4.69) is 26.4 Å². The van der Waals surface area contributed by atoms with E-state index in [0.29, 0.717) is 12.1 Å². The van der Waals surface area contributed by atoms with Crippen LogP contribution in [0, 0.1) is 0 Å². The lowest BCUT2D eigenvalue weighted by Gasteiger charge is -2.24. The highest BCUT2D eigenvalue weighted by Crippen LogP contribution is 2.36. The number of imidazole rings is 1. The average molecular weight is 220 g/mol. The van der Waals surface area contributed by atoms with Crippen molar-refractivity contribution in [2.24, 2.45) is 0 Å². The van der Waals surface area contributed by atoms with Crippen molar-refractivity contribution in [3.05, 3.63) is 12.4 Å². The first-order chi connectivity index (χ1) is 7.93. The second kappa shape index (κ2) is 4.45. The Morgan fingerprint density at radius 2 is 2.31 bits per heavy atom. The van der Waals surface area contributed by atoms with Crippen LogP contribution < -0.4 is 10.6 Å². The van der Waals surface area contributed by atoms with Crippen LogP contribution in [-0.4, -0.2) is 28.7 Å². The van der Waals surface area contributed by atoms with Gasteiger partial charge >= 0.3 is 0 Å². The lowest BCUT2D eigenvalue weighted by Crippen LogP contribution is -2.39. The minimum atomic E-state index is 0.623. The SMILES string of the molecule is c1cn(C2CC2)c(NCC2CCCCN2)n1. The zero-order chi connectivity index (χ0) is 10.8. The molecule has 4 heteroatoms. The molecule has 1 aromatic heterocycles. The van der Waals surface area contributed by atoms with Crippen molar-refractivity contribution >= 4 is 5.95 Å². The highest BCUT2D eigenvalue weighted by molar-refractivity contribution is 5.28. The molecular formula is C12H20N4. The molecule has 4 nitrogen and oxygen atoms in total. The first-order valence-electron chi connectivity index (χ1n) is 6.43. The van der Waals surface area contributed by atoms with E-state index in [1.165, 1.54) is 38.6 Å². The van der Waals surface area contributed by atoms with Crippen molar-refractivity contribution in [3.8, 4) is 0 Å². The summed E-state index contributed by atoms with van der Waals surface area (Å²) in [5.41, 5.74) is 0. The van der Waals surface area contributed by atoms with Gasteiger partial charge in [0.25, 0.3) is 0 Å². The molecule has 2 N–H and O–H groups in total. The molecule has 88 valence electrons. The molecule has 1 aromatic rings. The van der Waals surface area contributed by atoms with Crippen LogP contribution in [0.15, 0.2) is 12.4 Å². The van der Waals surface area contributed by atoms with Crippen LogP contribution in [0.4, 0.5) is 5.95 Å². The molecule has 1 atom stereocenters. The normalized spacial score (nSPS) is 25.6. The van der Waals surface area contributed by atoms with Crippen molar-refractivity contribution < 1.29 is 0 Å².